The SMILES string of the molecule is CC(C)Nc1nc(-c2ccncn2)no1. The fourth-order valence-corrected chi connectivity index (χ4v) is 1.06. The number of rotatable bonds is 3. The Morgan fingerprint density at radius 1 is 1.40 bits per heavy atom. The summed E-state index contributed by atoms with van der Waals surface area (Å²) in [6.07, 6.45) is 3.08. The smallest absolute Gasteiger partial charge is 0.322 e. The van der Waals surface area contributed by atoms with Crippen molar-refractivity contribution < 1.29 is 4.52 Å². The van der Waals surface area contributed by atoms with Crippen LogP contribution in [0.4, 0.5) is 6.01 Å². The second-order valence-corrected chi connectivity index (χ2v) is 3.32. The first kappa shape index (κ1) is 9.57. The summed E-state index contributed by atoms with van der Waals surface area (Å²) in [6.45, 7) is 3.99. The lowest BCUT2D eigenvalue weighted by Gasteiger charge is -2.01. The van der Waals surface area contributed by atoms with E-state index in [2.05, 4.69) is 25.4 Å². The molecule has 0 bridgehead atoms. The van der Waals surface area contributed by atoms with Gasteiger partial charge in [-0.15, -0.1) is 0 Å². The third kappa shape index (κ3) is 2.28. The van der Waals surface area contributed by atoms with Crippen molar-refractivity contribution >= 4 is 6.01 Å². The molecule has 0 aliphatic rings. The maximum absolute atomic E-state index is 5.00. The Morgan fingerprint density at radius 2 is 2.27 bits per heavy atom. The summed E-state index contributed by atoms with van der Waals surface area (Å²) in [5.74, 6) is 0.459. The lowest BCUT2D eigenvalue weighted by atomic mass is 10.4. The number of hydrogen-bond acceptors (Lipinski definition) is 6. The Morgan fingerprint density at radius 3 is 2.93 bits per heavy atom. The van der Waals surface area contributed by atoms with Crippen LogP contribution in [0.3, 0.4) is 0 Å². The molecule has 0 saturated heterocycles. The fraction of sp³-hybridized carbons (Fsp3) is 0.333. The summed E-state index contributed by atoms with van der Waals surface area (Å²) in [7, 11) is 0. The number of nitrogens with one attached hydrogen (secondary N) is 1. The van der Waals surface area contributed by atoms with Crippen molar-refractivity contribution in [3.8, 4) is 11.5 Å². The molecule has 2 rings (SSSR count). The van der Waals surface area contributed by atoms with Gasteiger partial charge in [-0.1, -0.05) is 5.16 Å². The average Bonchev–Trinajstić information content (AvgIpc) is 2.67. The fourth-order valence-electron chi connectivity index (χ4n) is 1.06. The van der Waals surface area contributed by atoms with Gasteiger partial charge >= 0.3 is 6.01 Å². The molecule has 0 saturated carbocycles. The average molecular weight is 205 g/mol. The van der Waals surface area contributed by atoms with Gasteiger partial charge in [0.15, 0.2) is 0 Å². The van der Waals surface area contributed by atoms with Crippen molar-refractivity contribution in [2.24, 2.45) is 0 Å². The van der Waals surface area contributed by atoms with Crippen molar-refractivity contribution in [3.63, 3.8) is 0 Å². The maximum atomic E-state index is 5.00. The largest absolute Gasteiger partial charge is 0.336 e. The Labute approximate surface area is 86.8 Å². The Balaban J connectivity index is 2.21. The first-order valence-electron chi connectivity index (χ1n) is 4.62. The lowest BCUT2D eigenvalue weighted by molar-refractivity contribution is 0.429. The standard InChI is InChI=1S/C9H11N5O/c1-6(2)12-9-13-8(14-15-9)7-3-4-10-5-11-7/h3-6H,1-2H3,(H,12,13,14). The molecule has 15 heavy (non-hydrogen) atoms. The van der Waals surface area contributed by atoms with Gasteiger partial charge in [-0.3, -0.25) is 0 Å². The molecule has 0 unspecified atom stereocenters. The first-order valence-corrected chi connectivity index (χ1v) is 4.62. The van der Waals surface area contributed by atoms with Crippen molar-refractivity contribution in [1.29, 1.82) is 0 Å². The molecule has 78 valence electrons. The molecule has 0 amide bonds. The first-order chi connectivity index (χ1) is 7.25. The Hall–Kier alpha value is -1.98. The highest BCUT2D eigenvalue weighted by Crippen LogP contribution is 2.14. The van der Waals surface area contributed by atoms with Gasteiger partial charge in [0.05, 0.1) is 0 Å². The Kier molecular flexibility index (Phi) is 2.57. The van der Waals surface area contributed by atoms with E-state index in [4.69, 9.17) is 4.52 Å². The van der Waals surface area contributed by atoms with Crippen molar-refractivity contribution in [3.05, 3.63) is 18.6 Å². The van der Waals surface area contributed by atoms with E-state index in [-0.39, 0.29) is 6.04 Å². The summed E-state index contributed by atoms with van der Waals surface area (Å²) in [4.78, 5) is 12.0. The van der Waals surface area contributed by atoms with Gasteiger partial charge in [0, 0.05) is 12.2 Å². The van der Waals surface area contributed by atoms with E-state index in [0.29, 0.717) is 17.5 Å². The normalized spacial score (nSPS) is 10.6. The molecule has 6 heteroatoms. The van der Waals surface area contributed by atoms with Crippen molar-refractivity contribution in [2.75, 3.05) is 5.32 Å². The topological polar surface area (TPSA) is 76.7 Å². The van der Waals surface area contributed by atoms with Crippen LogP contribution in [0.1, 0.15) is 13.8 Å². The van der Waals surface area contributed by atoms with Crippen LogP contribution in [0.25, 0.3) is 11.5 Å². The summed E-state index contributed by atoms with van der Waals surface area (Å²) < 4.78 is 5.00. The predicted octanol–water partition coefficient (Wildman–Crippen LogP) is 1.35. The molecule has 1 N–H and O–H groups in total. The summed E-state index contributed by atoms with van der Waals surface area (Å²) in [5, 5.41) is 6.81. The van der Waals surface area contributed by atoms with Crippen LogP contribution in [0.5, 0.6) is 0 Å². The molecular weight excluding hydrogens is 194 g/mol. The van der Waals surface area contributed by atoms with Gasteiger partial charge in [-0.05, 0) is 19.9 Å². The highest BCUT2D eigenvalue weighted by atomic mass is 16.5. The molecule has 0 atom stereocenters. The van der Waals surface area contributed by atoms with E-state index in [1.54, 1.807) is 12.3 Å². The van der Waals surface area contributed by atoms with Crippen LogP contribution in [0, 0.1) is 0 Å². The van der Waals surface area contributed by atoms with E-state index in [0.717, 1.165) is 0 Å². The highest BCUT2D eigenvalue weighted by molar-refractivity contribution is 5.48. The van der Waals surface area contributed by atoms with Crippen molar-refractivity contribution in [2.45, 2.75) is 19.9 Å². The van der Waals surface area contributed by atoms with Crippen LogP contribution in [0.15, 0.2) is 23.1 Å². The molecule has 2 aromatic heterocycles. The zero-order chi connectivity index (χ0) is 10.7. The van der Waals surface area contributed by atoms with Gasteiger partial charge in [-0.25, -0.2) is 9.97 Å². The molecule has 2 aromatic rings. The van der Waals surface area contributed by atoms with E-state index in [1.807, 2.05) is 13.8 Å². The van der Waals surface area contributed by atoms with Crippen LogP contribution in [0.2, 0.25) is 0 Å². The summed E-state index contributed by atoms with van der Waals surface area (Å²) >= 11 is 0. The number of nitrogens with zero attached hydrogens (tertiary/aromatic N) is 4. The van der Waals surface area contributed by atoms with Gasteiger partial charge in [0.1, 0.15) is 12.0 Å². The van der Waals surface area contributed by atoms with Crippen molar-refractivity contribution in [1.82, 2.24) is 20.1 Å². The highest BCUT2D eigenvalue weighted by Gasteiger charge is 2.09. The quantitative estimate of drug-likeness (QED) is 0.814. The van der Waals surface area contributed by atoms with E-state index in [1.165, 1.54) is 6.33 Å². The van der Waals surface area contributed by atoms with Gasteiger partial charge < -0.3 is 9.84 Å². The minimum atomic E-state index is 0.253. The zero-order valence-corrected chi connectivity index (χ0v) is 8.51. The molecule has 0 radical (unpaired) electrons. The predicted molar refractivity (Wildman–Crippen MR) is 54.1 cm³/mol. The molecule has 2 heterocycles. The van der Waals surface area contributed by atoms with Gasteiger partial charge in [-0.2, -0.15) is 4.98 Å². The summed E-state index contributed by atoms with van der Waals surface area (Å²) in [5.41, 5.74) is 0.644. The Bertz CT molecular complexity index is 425. The molecular formula is C9H11N5O. The third-order valence-corrected chi connectivity index (χ3v) is 1.65. The van der Waals surface area contributed by atoms with Crippen LogP contribution in [-0.4, -0.2) is 26.2 Å². The molecule has 0 aliphatic carbocycles. The summed E-state index contributed by atoms with van der Waals surface area (Å²) in [6, 6.07) is 2.38. The third-order valence-electron chi connectivity index (χ3n) is 1.65. The van der Waals surface area contributed by atoms with Gasteiger partial charge in [0.2, 0.25) is 5.82 Å². The zero-order valence-electron chi connectivity index (χ0n) is 8.51. The van der Waals surface area contributed by atoms with Gasteiger partial charge in [0.25, 0.3) is 0 Å². The lowest BCUT2D eigenvalue weighted by Crippen LogP contribution is -2.09. The molecule has 0 fully saturated rings. The van der Waals surface area contributed by atoms with E-state index in [9.17, 15) is 0 Å². The molecule has 0 spiro atoms. The van der Waals surface area contributed by atoms with E-state index < -0.39 is 0 Å². The maximum Gasteiger partial charge on any atom is 0.322 e. The van der Waals surface area contributed by atoms with Crippen LogP contribution >= 0.6 is 0 Å². The number of hydrogen-bond donors (Lipinski definition) is 1. The number of anilines is 1. The van der Waals surface area contributed by atoms with E-state index >= 15 is 0 Å². The second kappa shape index (κ2) is 4.04. The van der Waals surface area contributed by atoms with Crippen LogP contribution < -0.4 is 5.32 Å². The second-order valence-electron chi connectivity index (χ2n) is 3.32. The molecule has 0 aromatic carbocycles. The molecule has 6 nitrogen and oxygen atoms in total. The number of aromatic nitrogens is 4. The van der Waals surface area contributed by atoms with Crippen LogP contribution in [-0.2, 0) is 0 Å². The monoisotopic (exact) mass is 205 g/mol. The minimum Gasteiger partial charge on any atom is -0.336 e. The minimum absolute atomic E-state index is 0.253. The molecule has 0 aliphatic heterocycles.